The van der Waals surface area contributed by atoms with Crippen molar-refractivity contribution in [3.05, 3.63) is 17.5 Å². The van der Waals surface area contributed by atoms with Crippen LogP contribution in [0.4, 0.5) is 0 Å². The van der Waals surface area contributed by atoms with Crippen LogP contribution in [0.1, 0.15) is 51.4 Å². The summed E-state index contributed by atoms with van der Waals surface area (Å²) in [4.78, 5) is 0.719. The largest absolute Gasteiger partial charge is 0.270 e. The smallest absolute Gasteiger partial charge is 0.0624 e. The molecule has 0 aromatic carbocycles. The maximum Gasteiger partial charge on any atom is 0.0624 e. The molecule has 1 fully saturated rings. The van der Waals surface area contributed by atoms with Gasteiger partial charge in [-0.2, -0.15) is 5.10 Å². The van der Waals surface area contributed by atoms with Gasteiger partial charge in [0.1, 0.15) is 0 Å². The lowest BCUT2D eigenvalue weighted by molar-refractivity contribution is 0.325. The van der Waals surface area contributed by atoms with Gasteiger partial charge >= 0.3 is 0 Å². The SMILES string of the molecule is CCc1cc(CC2(C)CCC(Br)C2)n(CC)n1. The van der Waals surface area contributed by atoms with E-state index >= 15 is 0 Å². The topological polar surface area (TPSA) is 17.8 Å². The molecule has 0 spiro atoms. The van der Waals surface area contributed by atoms with Crippen molar-refractivity contribution in [3.63, 3.8) is 0 Å². The quantitative estimate of drug-likeness (QED) is 0.769. The molecule has 0 N–H and O–H groups in total. The Balaban J connectivity index is 2.14. The fraction of sp³-hybridized carbons (Fsp3) is 0.786. The van der Waals surface area contributed by atoms with Gasteiger partial charge < -0.3 is 0 Å². The Kier molecular flexibility index (Phi) is 3.96. The Morgan fingerprint density at radius 1 is 1.53 bits per heavy atom. The molecule has 1 aromatic heterocycles. The molecule has 0 amide bonds. The van der Waals surface area contributed by atoms with E-state index in [1.807, 2.05) is 0 Å². The summed E-state index contributed by atoms with van der Waals surface area (Å²) < 4.78 is 2.19. The Hall–Kier alpha value is -0.310. The number of aromatic nitrogens is 2. The Morgan fingerprint density at radius 2 is 2.29 bits per heavy atom. The van der Waals surface area contributed by atoms with E-state index in [-0.39, 0.29) is 0 Å². The predicted molar refractivity (Wildman–Crippen MR) is 75.7 cm³/mol. The first-order chi connectivity index (χ1) is 8.06. The summed E-state index contributed by atoms with van der Waals surface area (Å²) in [5.41, 5.74) is 3.12. The van der Waals surface area contributed by atoms with Crippen molar-refractivity contribution in [2.45, 2.75) is 64.2 Å². The summed E-state index contributed by atoms with van der Waals surface area (Å²) in [7, 11) is 0. The zero-order valence-corrected chi connectivity index (χ0v) is 12.8. The van der Waals surface area contributed by atoms with E-state index in [1.54, 1.807) is 0 Å². The summed E-state index contributed by atoms with van der Waals surface area (Å²) in [6.07, 6.45) is 6.16. The Morgan fingerprint density at radius 3 is 2.82 bits per heavy atom. The monoisotopic (exact) mass is 298 g/mol. The number of nitrogens with zero attached hydrogens (tertiary/aromatic N) is 2. The van der Waals surface area contributed by atoms with Crippen LogP contribution >= 0.6 is 15.9 Å². The minimum absolute atomic E-state index is 0.464. The summed E-state index contributed by atoms with van der Waals surface area (Å²) >= 11 is 3.76. The highest BCUT2D eigenvalue weighted by Gasteiger charge is 2.34. The lowest BCUT2D eigenvalue weighted by Gasteiger charge is -2.23. The molecule has 0 radical (unpaired) electrons. The molecular weight excluding hydrogens is 276 g/mol. The summed E-state index contributed by atoms with van der Waals surface area (Å²) in [6.45, 7) is 7.77. The van der Waals surface area contributed by atoms with Gasteiger partial charge in [0.25, 0.3) is 0 Å². The average Bonchev–Trinajstić information content (AvgIpc) is 2.83. The molecule has 3 heteroatoms. The van der Waals surface area contributed by atoms with Crippen molar-refractivity contribution in [2.75, 3.05) is 0 Å². The van der Waals surface area contributed by atoms with Crippen LogP contribution in [0.3, 0.4) is 0 Å². The van der Waals surface area contributed by atoms with E-state index in [2.05, 4.69) is 52.5 Å². The first kappa shape index (κ1) is 13.1. The van der Waals surface area contributed by atoms with Crippen LogP contribution in [-0.4, -0.2) is 14.6 Å². The van der Waals surface area contributed by atoms with Crippen molar-refractivity contribution in [1.29, 1.82) is 0 Å². The second kappa shape index (κ2) is 5.13. The van der Waals surface area contributed by atoms with Gasteiger partial charge in [-0.15, -0.1) is 0 Å². The highest BCUT2D eigenvalue weighted by molar-refractivity contribution is 9.09. The van der Waals surface area contributed by atoms with Gasteiger partial charge in [-0.25, -0.2) is 0 Å². The molecule has 0 saturated heterocycles. The molecule has 1 aliphatic rings. The van der Waals surface area contributed by atoms with E-state index in [9.17, 15) is 0 Å². The molecule has 2 nitrogen and oxygen atoms in total. The predicted octanol–water partition coefficient (Wildman–Crippen LogP) is 3.96. The minimum atomic E-state index is 0.464. The molecule has 0 aliphatic heterocycles. The van der Waals surface area contributed by atoms with Crippen molar-refractivity contribution >= 4 is 15.9 Å². The van der Waals surface area contributed by atoms with Gasteiger partial charge in [0.2, 0.25) is 0 Å². The molecule has 17 heavy (non-hydrogen) atoms. The Labute approximate surface area is 113 Å². The molecular formula is C14H23BrN2. The third kappa shape index (κ3) is 2.93. The van der Waals surface area contributed by atoms with Gasteiger partial charge in [-0.05, 0) is 50.5 Å². The third-order valence-electron chi connectivity index (χ3n) is 3.96. The molecule has 1 aromatic rings. The normalized spacial score (nSPS) is 28.8. The maximum atomic E-state index is 4.64. The molecule has 96 valence electrons. The highest BCUT2D eigenvalue weighted by atomic mass is 79.9. The third-order valence-corrected chi connectivity index (χ3v) is 4.74. The first-order valence-corrected chi connectivity index (χ1v) is 7.67. The van der Waals surface area contributed by atoms with E-state index in [0.717, 1.165) is 17.8 Å². The van der Waals surface area contributed by atoms with Crippen LogP contribution in [-0.2, 0) is 19.4 Å². The summed E-state index contributed by atoms with van der Waals surface area (Å²) in [5, 5.41) is 4.64. The number of aryl methyl sites for hydroxylation is 2. The number of halogens is 1. The second-order valence-electron chi connectivity index (χ2n) is 5.62. The fourth-order valence-electron chi connectivity index (χ4n) is 2.95. The van der Waals surface area contributed by atoms with Crippen LogP contribution in [0.2, 0.25) is 0 Å². The number of hydrogen-bond donors (Lipinski definition) is 0. The standard InChI is InChI=1S/C14H23BrN2/c1-4-12-8-13(17(5-2)16-12)10-14(3)7-6-11(15)9-14/h8,11H,4-7,9-10H2,1-3H3. The lowest BCUT2D eigenvalue weighted by atomic mass is 9.84. The number of alkyl halides is 1. The zero-order valence-electron chi connectivity index (χ0n) is 11.2. The molecule has 2 atom stereocenters. The van der Waals surface area contributed by atoms with Crippen LogP contribution < -0.4 is 0 Å². The molecule has 1 heterocycles. The molecule has 0 bridgehead atoms. The average molecular weight is 299 g/mol. The van der Waals surface area contributed by atoms with E-state index < -0.39 is 0 Å². The van der Waals surface area contributed by atoms with Gasteiger partial charge in [0, 0.05) is 17.1 Å². The first-order valence-electron chi connectivity index (χ1n) is 6.76. The van der Waals surface area contributed by atoms with Crippen molar-refractivity contribution in [3.8, 4) is 0 Å². The molecule has 1 saturated carbocycles. The van der Waals surface area contributed by atoms with Crippen LogP contribution in [0.5, 0.6) is 0 Å². The maximum absolute atomic E-state index is 4.64. The van der Waals surface area contributed by atoms with Crippen molar-refractivity contribution < 1.29 is 0 Å². The lowest BCUT2D eigenvalue weighted by Crippen LogP contribution is -2.18. The highest BCUT2D eigenvalue weighted by Crippen LogP contribution is 2.43. The van der Waals surface area contributed by atoms with Gasteiger partial charge in [0.05, 0.1) is 5.69 Å². The number of hydrogen-bond acceptors (Lipinski definition) is 1. The van der Waals surface area contributed by atoms with Gasteiger partial charge in [-0.1, -0.05) is 29.8 Å². The van der Waals surface area contributed by atoms with Crippen LogP contribution in [0.15, 0.2) is 6.07 Å². The second-order valence-corrected chi connectivity index (χ2v) is 6.92. The number of rotatable bonds is 4. The van der Waals surface area contributed by atoms with Crippen molar-refractivity contribution in [2.24, 2.45) is 5.41 Å². The fourth-order valence-corrected chi connectivity index (χ4v) is 3.96. The van der Waals surface area contributed by atoms with Gasteiger partial charge in [-0.3, -0.25) is 4.68 Å². The van der Waals surface area contributed by atoms with E-state index in [4.69, 9.17) is 0 Å². The van der Waals surface area contributed by atoms with Gasteiger partial charge in [0.15, 0.2) is 0 Å². The van der Waals surface area contributed by atoms with Crippen molar-refractivity contribution in [1.82, 2.24) is 9.78 Å². The molecule has 2 unspecified atom stereocenters. The van der Waals surface area contributed by atoms with Crippen LogP contribution in [0, 0.1) is 5.41 Å². The van der Waals surface area contributed by atoms with E-state index in [0.29, 0.717) is 5.41 Å². The molecule has 2 rings (SSSR count). The molecule has 1 aliphatic carbocycles. The Bertz CT molecular complexity index is 386. The van der Waals surface area contributed by atoms with E-state index in [1.165, 1.54) is 37.1 Å². The summed E-state index contributed by atoms with van der Waals surface area (Å²) in [5.74, 6) is 0. The summed E-state index contributed by atoms with van der Waals surface area (Å²) in [6, 6.07) is 2.30. The minimum Gasteiger partial charge on any atom is -0.270 e. The van der Waals surface area contributed by atoms with Crippen LogP contribution in [0.25, 0.3) is 0 Å². The zero-order chi connectivity index (χ0) is 12.5.